The third-order valence-electron chi connectivity index (χ3n) is 3.27. The fraction of sp³-hybridized carbons (Fsp3) is 0.111. The number of para-hydroxylation sites is 1. The van der Waals surface area contributed by atoms with Crippen LogP contribution in [0.5, 0.6) is 5.75 Å². The highest BCUT2D eigenvalue weighted by atomic mass is 35.5. The summed E-state index contributed by atoms with van der Waals surface area (Å²) in [6, 6.07) is 18.0. The molecule has 0 atom stereocenters. The average Bonchev–Trinajstić information content (AvgIpc) is 2.60. The van der Waals surface area contributed by atoms with E-state index in [9.17, 15) is 0 Å². The van der Waals surface area contributed by atoms with Crippen LogP contribution in [0.2, 0.25) is 5.15 Å². The highest BCUT2D eigenvalue weighted by Crippen LogP contribution is 2.20. The minimum absolute atomic E-state index is 0.364. The van der Waals surface area contributed by atoms with Gasteiger partial charge in [0, 0.05) is 12.1 Å². The van der Waals surface area contributed by atoms with E-state index in [-0.39, 0.29) is 0 Å². The van der Waals surface area contributed by atoms with E-state index in [4.69, 9.17) is 16.3 Å². The number of benzene rings is 2. The Morgan fingerprint density at radius 2 is 1.74 bits per heavy atom. The largest absolute Gasteiger partial charge is 0.489 e. The number of nitrogens with zero attached hydrogens (tertiary/aromatic N) is 2. The number of nitrogens with one attached hydrogen (secondary N) is 1. The molecule has 5 heteroatoms. The first-order valence-electron chi connectivity index (χ1n) is 7.27. The predicted molar refractivity (Wildman–Crippen MR) is 91.6 cm³/mol. The smallest absolute Gasteiger partial charge is 0.149 e. The van der Waals surface area contributed by atoms with E-state index in [0.29, 0.717) is 24.1 Å². The first kappa shape index (κ1) is 15.3. The summed E-state index contributed by atoms with van der Waals surface area (Å²) >= 11 is 5.84. The van der Waals surface area contributed by atoms with Gasteiger partial charge >= 0.3 is 0 Å². The summed E-state index contributed by atoms with van der Waals surface area (Å²) < 4.78 is 5.93. The van der Waals surface area contributed by atoms with Crippen molar-refractivity contribution in [2.75, 3.05) is 5.32 Å². The molecule has 0 radical (unpaired) electrons. The van der Waals surface area contributed by atoms with Gasteiger partial charge in [-0.3, -0.25) is 4.98 Å². The molecule has 1 N–H and O–H groups in total. The molecule has 1 heterocycles. The van der Waals surface area contributed by atoms with Crippen LogP contribution in [0.25, 0.3) is 0 Å². The topological polar surface area (TPSA) is 47.0 Å². The number of aromatic nitrogens is 2. The average molecular weight is 326 g/mol. The second-order valence-electron chi connectivity index (χ2n) is 4.96. The zero-order chi connectivity index (χ0) is 15.9. The van der Waals surface area contributed by atoms with Crippen molar-refractivity contribution in [3.8, 4) is 5.75 Å². The zero-order valence-corrected chi connectivity index (χ0v) is 13.2. The molecule has 0 aliphatic rings. The van der Waals surface area contributed by atoms with E-state index in [2.05, 4.69) is 15.3 Å². The summed E-state index contributed by atoms with van der Waals surface area (Å²) in [5.74, 6) is 1.48. The lowest BCUT2D eigenvalue weighted by Crippen LogP contribution is -2.05. The molecule has 1 aromatic heterocycles. The third-order valence-corrected chi connectivity index (χ3v) is 3.46. The number of anilines is 1. The van der Waals surface area contributed by atoms with Gasteiger partial charge in [0.2, 0.25) is 0 Å². The highest BCUT2D eigenvalue weighted by Gasteiger charge is 2.04. The maximum absolute atomic E-state index is 5.93. The first-order valence-corrected chi connectivity index (χ1v) is 7.65. The van der Waals surface area contributed by atoms with Crippen LogP contribution < -0.4 is 10.1 Å². The highest BCUT2D eigenvalue weighted by molar-refractivity contribution is 6.29. The maximum atomic E-state index is 5.93. The lowest BCUT2D eigenvalue weighted by atomic mass is 10.2. The van der Waals surface area contributed by atoms with E-state index >= 15 is 0 Å². The monoisotopic (exact) mass is 325 g/mol. The lowest BCUT2D eigenvalue weighted by molar-refractivity contribution is 0.303. The molecule has 0 saturated heterocycles. The normalized spacial score (nSPS) is 10.3. The number of hydrogen-bond acceptors (Lipinski definition) is 4. The van der Waals surface area contributed by atoms with Crippen molar-refractivity contribution in [3.63, 3.8) is 0 Å². The van der Waals surface area contributed by atoms with Gasteiger partial charge in [0.05, 0.1) is 12.4 Å². The van der Waals surface area contributed by atoms with E-state index < -0.39 is 0 Å². The number of ether oxygens (including phenoxy) is 1. The molecule has 0 aliphatic carbocycles. The van der Waals surface area contributed by atoms with Crippen LogP contribution in [-0.4, -0.2) is 9.97 Å². The third kappa shape index (κ3) is 4.44. The Balaban J connectivity index is 1.65. The minimum atomic E-state index is 0.364. The number of hydrogen-bond donors (Lipinski definition) is 1. The molecule has 116 valence electrons. The maximum Gasteiger partial charge on any atom is 0.149 e. The van der Waals surface area contributed by atoms with Gasteiger partial charge in [0.15, 0.2) is 0 Å². The van der Waals surface area contributed by atoms with Crippen LogP contribution >= 0.6 is 11.6 Å². The van der Waals surface area contributed by atoms with Crippen molar-refractivity contribution in [2.24, 2.45) is 0 Å². The Hall–Kier alpha value is -2.59. The standard InChI is InChI=1S/C18H16ClN3O/c19-17-11-20-12-18(22-17)21-10-15-8-4-5-9-16(15)23-13-14-6-2-1-3-7-14/h1-9,11-12H,10,13H2,(H,21,22). The fourth-order valence-electron chi connectivity index (χ4n) is 2.14. The molecule has 0 aliphatic heterocycles. The van der Waals surface area contributed by atoms with Gasteiger partial charge in [0.1, 0.15) is 23.3 Å². The molecule has 0 saturated carbocycles. The molecule has 0 spiro atoms. The molecule has 3 aromatic rings. The molecular weight excluding hydrogens is 310 g/mol. The summed E-state index contributed by atoms with van der Waals surface area (Å²) in [5.41, 5.74) is 2.18. The SMILES string of the molecule is Clc1cncc(NCc2ccccc2OCc2ccccc2)n1. The Morgan fingerprint density at radius 1 is 0.957 bits per heavy atom. The van der Waals surface area contributed by atoms with Crippen LogP contribution in [0.3, 0.4) is 0 Å². The number of rotatable bonds is 6. The van der Waals surface area contributed by atoms with Gasteiger partial charge in [-0.25, -0.2) is 4.98 Å². The Labute approximate surface area is 140 Å². The molecule has 0 bridgehead atoms. The van der Waals surface area contributed by atoms with Crippen molar-refractivity contribution in [3.05, 3.63) is 83.3 Å². The second kappa shape index (κ2) is 7.61. The summed E-state index contributed by atoms with van der Waals surface area (Å²) in [6.45, 7) is 1.12. The van der Waals surface area contributed by atoms with E-state index in [1.807, 2.05) is 54.6 Å². The molecule has 4 nitrogen and oxygen atoms in total. The number of halogens is 1. The predicted octanol–water partition coefficient (Wildman–Crippen LogP) is 4.32. The van der Waals surface area contributed by atoms with Gasteiger partial charge in [-0.15, -0.1) is 0 Å². The van der Waals surface area contributed by atoms with Crippen LogP contribution in [0, 0.1) is 0 Å². The van der Waals surface area contributed by atoms with Crippen LogP contribution in [0.15, 0.2) is 67.0 Å². The molecular formula is C18H16ClN3O. The van der Waals surface area contributed by atoms with Gasteiger partial charge in [-0.1, -0.05) is 60.1 Å². The van der Waals surface area contributed by atoms with Crippen molar-refractivity contribution in [1.29, 1.82) is 0 Å². The van der Waals surface area contributed by atoms with Crippen molar-refractivity contribution in [1.82, 2.24) is 9.97 Å². The molecule has 23 heavy (non-hydrogen) atoms. The first-order chi connectivity index (χ1) is 11.3. The molecule has 0 unspecified atom stereocenters. The summed E-state index contributed by atoms with van der Waals surface area (Å²) in [7, 11) is 0. The van der Waals surface area contributed by atoms with Crippen molar-refractivity contribution in [2.45, 2.75) is 13.2 Å². The minimum Gasteiger partial charge on any atom is -0.489 e. The lowest BCUT2D eigenvalue weighted by Gasteiger charge is -2.12. The van der Waals surface area contributed by atoms with Crippen molar-refractivity contribution < 1.29 is 4.74 Å². The van der Waals surface area contributed by atoms with Crippen LogP contribution in [0.4, 0.5) is 5.82 Å². The molecule has 3 rings (SSSR count). The van der Waals surface area contributed by atoms with Crippen LogP contribution in [-0.2, 0) is 13.2 Å². The molecule has 0 amide bonds. The van der Waals surface area contributed by atoms with Crippen molar-refractivity contribution >= 4 is 17.4 Å². The van der Waals surface area contributed by atoms with Gasteiger partial charge < -0.3 is 10.1 Å². The fourth-order valence-corrected chi connectivity index (χ4v) is 2.29. The van der Waals surface area contributed by atoms with Gasteiger partial charge in [0.25, 0.3) is 0 Å². The summed E-state index contributed by atoms with van der Waals surface area (Å²) in [4.78, 5) is 8.17. The Morgan fingerprint density at radius 3 is 2.57 bits per heavy atom. The van der Waals surface area contributed by atoms with E-state index in [1.165, 1.54) is 6.20 Å². The second-order valence-corrected chi connectivity index (χ2v) is 5.35. The van der Waals surface area contributed by atoms with E-state index in [0.717, 1.165) is 16.9 Å². The Kier molecular flexibility index (Phi) is 5.06. The zero-order valence-electron chi connectivity index (χ0n) is 12.4. The summed E-state index contributed by atoms with van der Waals surface area (Å²) in [5, 5.41) is 3.57. The molecule has 0 fully saturated rings. The molecule has 2 aromatic carbocycles. The summed E-state index contributed by atoms with van der Waals surface area (Å²) in [6.07, 6.45) is 3.14. The van der Waals surface area contributed by atoms with Crippen LogP contribution in [0.1, 0.15) is 11.1 Å². The van der Waals surface area contributed by atoms with E-state index in [1.54, 1.807) is 6.20 Å². The van der Waals surface area contributed by atoms with Gasteiger partial charge in [-0.05, 0) is 11.6 Å². The van der Waals surface area contributed by atoms with Gasteiger partial charge in [-0.2, -0.15) is 0 Å². The quantitative estimate of drug-likeness (QED) is 0.733. The Bertz CT molecular complexity index is 765.